The minimum absolute atomic E-state index is 0.0747. The van der Waals surface area contributed by atoms with Crippen LogP contribution < -0.4 is 0 Å². The first kappa shape index (κ1) is 17.1. The Morgan fingerprint density at radius 3 is 2.96 bits per heavy atom. The number of benzene rings is 1. The van der Waals surface area contributed by atoms with Crippen molar-refractivity contribution < 1.29 is 14.6 Å². The van der Waals surface area contributed by atoms with Crippen molar-refractivity contribution in [1.82, 2.24) is 4.90 Å². The molecule has 1 aromatic heterocycles. The highest BCUT2D eigenvalue weighted by Crippen LogP contribution is 2.25. The van der Waals surface area contributed by atoms with Crippen LogP contribution in [0.4, 0.5) is 0 Å². The molecule has 0 saturated carbocycles. The van der Waals surface area contributed by atoms with Gasteiger partial charge in [0.25, 0.3) is 5.91 Å². The van der Waals surface area contributed by atoms with E-state index in [4.69, 9.17) is 4.74 Å². The first-order valence-electron chi connectivity index (χ1n) is 8.25. The minimum Gasteiger partial charge on any atom is -0.392 e. The van der Waals surface area contributed by atoms with Gasteiger partial charge in [-0.15, -0.1) is 11.3 Å². The van der Waals surface area contributed by atoms with E-state index in [0.29, 0.717) is 12.5 Å². The summed E-state index contributed by atoms with van der Waals surface area (Å²) in [6, 6.07) is 11.9. The van der Waals surface area contributed by atoms with Gasteiger partial charge in [0.1, 0.15) is 0 Å². The molecule has 1 aliphatic heterocycles. The Bertz CT molecular complexity index is 697. The summed E-state index contributed by atoms with van der Waals surface area (Å²) in [6.45, 7) is 2.26. The van der Waals surface area contributed by atoms with Gasteiger partial charge >= 0.3 is 0 Å². The number of hydrogen-bond donors (Lipinski definition) is 1. The number of amides is 1. The number of likely N-dealkylation sites (tertiary alicyclic amines) is 1. The number of thiophene rings is 1. The van der Waals surface area contributed by atoms with E-state index < -0.39 is 0 Å². The molecule has 1 amide bonds. The van der Waals surface area contributed by atoms with Crippen molar-refractivity contribution in [2.75, 3.05) is 20.2 Å². The van der Waals surface area contributed by atoms with Crippen LogP contribution in [-0.2, 0) is 24.4 Å². The molecule has 4 nitrogen and oxygen atoms in total. The topological polar surface area (TPSA) is 49.8 Å². The summed E-state index contributed by atoms with van der Waals surface area (Å²) in [5.74, 6) is 0.621. The Morgan fingerprint density at radius 1 is 1.33 bits per heavy atom. The zero-order chi connectivity index (χ0) is 16.9. The SMILES string of the molecule is COCc1ccc(C(=O)N2CCC(Cc3cccc(CO)c3)C2)s1. The van der Waals surface area contributed by atoms with Crippen LogP contribution in [-0.4, -0.2) is 36.1 Å². The second-order valence-electron chi connectivity index (χ2n) is 6.29. The maximum atomic E-state index is 12.6. The second kappa shape index (κ2) is 7.92. The van der Waals surface area contributed by atoms with Gasteiger partial charge < -0.3 is 14.7 Å². The van der Waals surface area contributed by atoms with Gasteiger partial charge in [0.2, 0.25) is 0 Å². The molecule has 128 valence electrons. The summed E-state index contributed by atoms with van der Waals surface area (Å²) in [6.07, 6.45) is 1.99. The molecule has 1 atom stereocenters. The quantitative estimate of drug-likeness (QED) is 0.875. The van der Waals surface area contributed by atoms with E-state index in [9.17, 15) is 9.90 Å². The summed E-state index contributed by atoms with van der Waals surface area (Å²) >= 11 is 1.52. The molecule has 1 fully saturated rings. The fourth-order valence-electron chi connectivity index (χ4n) is 3.24. The van der Waals surface area contributed by atoms with Gasteiger partial charge in [0.15, 0.2) is 0 Å². The Morgan fingerprint density at radius 2 is 2.17 bits per heavy atom. The molecule has 24 heavy (non-hydrogen) atoms. The van der Waals surface area contributed by atoms with Crippen molar-refractivity contribution in [1.29, 1.82) is 0 Å². The number of carbonyl (C=O) groups is 1. The smallest absolute Gasteiger partial charge is 0.263 e. The third kappa shape index (κ3) is 4.04. The summed E-state index contributed by atoms with van der Waals surface area (Å²) < 4.78 is 5.12. The first-order valence-corrected chi connectivity index (χ1v) is 9.07. The molecule has 2 heterocycles. The highest BCUT2D eigenvalue weighted by atomic mass is 32.1. The van der Waals surface area contributed by atoms with Gasteiger partial charge in [-0.3, -0.25) is 4.79 Å². The molecule has 1 N–H and O–H groups in total. The molecule has 0 radical (unpaired) electrons. The van der Waals surface area contributed by atoms with E-state index in [-0.39, 0.29) is 12.5 Å². The maximum Gasteiger partial charge on any atom is 0.263 e. The molecular formula is C19H23NO3S. The molecule has 1 aromatic carbocycles. The largest absolute Gasteiger partial charge is 0.392 e. The van der Waals surface area contributed by atoms with E-state index in [1.54, 1.807) is 7.11 Å². The van der Waals surface area contributed by atoms with Gasteiger partial charge in [0.05, 0.1) is 18.1 Å². The van der Waals surface area contributed by atoms with Gasteiger partial charge in [-0.2, -0.15) is 0 Å². The minimum atomic E-state index is 0.0747. The number of nitrogens with zero attached hydrogens (tertiary/aromatic N) is 1. The highest BCUT2D eigenvalue weighted by molar-refractivity contribution is 7.14. The first-order chi connectivity index (χ1) is 11.7. The van der Waals surface area contributed by atoms with E-state index in [1.165, 1.54) is 16.9 Å². The van der Waals surface area contributed by atoms with Crippen LogP contribution in [0.25, 0.3) is 0 Å². The molecule has 2 aromatic rings. The van der Waals surface area contributed by atoms with Gasteiger partial charge in [-0.25, -0.2) is 0 Å². The van der Waals surface area contributed by atoms with E-state index in [0.717, 1.165) is 41.2 Å². The van der Waals surface area contributed by atoms with Crippen LogP contribution in [0.3, 0.4) is 0 Å². The van der Waals surface area contributed by atoms with Crippen LogP contribution in [0.1, 0.15) is 32.1 Å². The molecular weight excluding hydrogens is 322 g/mol. The monoisotopic (exact) mass is 345 g/mol. The molecule has 1 unspecified atom stereocenters. The number of aliphatic hydroxyl groups excluding tert-OH is 1. The van der Waals surface area contributed by atoms with Crippen molar-refractivity contribution in [3.8, 4) is 0 Å². The average molecular weight is 345 g/mol. The lowest BCUT2D eigenvalue weighted by Crippen LogP contribution is -2.28. The molecule has 0 bridgehead atoms. The normalized spacial score (nSPS) is 17.4. The van der Waals surface area contributed by atoms with Gasteiger partial charge in [0, 0.05) is 25.1 Å². The lowest BCUT2D eigenvalue weighted by atomic mass is 9.97. The second-order valence-corrected chi connectivity index (χ2v) is 7.46. The van der Waals surface area contributed by atoms with E-state index in [1.807, 2.05) is 29.2 Å². The van der Waals surface area contributed by atoms with Crippen molar-refractivity contribution >= 4 is 17.2 Å². The number of methoxy groups -OCH3 is 1. The molecule has 1 saturated heterocycles. The van der Waals surface area contributed by atoms with E-state index >= 15 is 0 Å². The average Bonchev–Trinajstić information content (AvgIpc) is 3.24. The Kier molecular flexibility index (Phi) is 5.66. The van der Waals surface area contributed by atoms with Crippen LogP contribution in [0.2, 0.25) is 0 Å². The number of rotatable bonds is 6. The van der Waals surface area contributed by atoms with Crippen LogP contribution >= 0.6 is 11.3 Å². The molecule has 1 aliphatic rings. The molecule has 5 heteroatoms. The van der Waals surface area contributed by atoms with E-state index in [2.05, 4.69) is 12.1 Å². The summed E-state index contributed by atoms with van der Waals surface area (Å²) in [5, 5.41) is 9.24. The standard InChI is InChI=1S/C19H23NO3S/c1-23-13-17-5-6-18(24-17)19(22)20-8-7-15(11-20)9-14-3-2-4-16(10-14)12-21/h2-6,10,15,21H,7-9,11-13H2,1H3. The van der Waals surface area contributed by atoms with Crippen LogP contribution in [0, 0.1) is 5.92 Å². The highest BCUT2D eigenvalue weighted by Gasteiger charge is 2.27. The van der Waals surface area contributed by atoms with Gasteiger partial charge in [-0.1, -0.05) is 24.3 Å². The Labute approximate surface area is 146 Å². The number of hydrogen-bond acceptors (Lipinski definition) is 4. The summed E-state index contributed by atoms with van der Waals surface area (Å²) in [7, 11) is 1.66. The zero-order valence-corrected chi connectivity index (χ0v) is 14.7. The molecule has 3 rings (SSSR count). The lowest BCUT2D eigenvalue weighted by molar-refractivity contribution is 0.0792. The van der Waals surface area contributed by atoms with Crippen molar-refractivity contribution in [2.45, 2.75) is 26.1 Å². The molecule has 0 spiro atoms. The predicted molar refractivity (Wildman–Crippen MR) is 95.1 cm³/mol. The third-order valence-corrected chi connectivity index (χ3v) is 5.48. The van der Waals surface area contributed by atoms with Gasteiger partial charge in [-0.05, 0) is 42.0 Å². The third-order valence-electron chi connectivity index (χ3n) is 4.43. The number of ether oxygens (including phenoxy) is 1. The maximum absolute atomic E-state index is 12.6. The Hall–Kier alpha value is -1.69. The summed E-state index contributed by atoms with van der Waals surface area (Å²) in [5.41, 5.74) is 2.18. The van der Waals surface area contributed by atoms with Crippen LogP contribution in [0.5, 0.6) is 0 Å². The van der Waals surface area contributed by atoms with Crippen LogP contribution in [0.15, 0.2) is 36.4 Å². The zero-order valence-electron chi connectivity index (χ0n) is 13.9. The van der Waals surface area contributed by atoms with Crippen molar-refractivity contribution in [3.63, 3.8) is 0 Å². The number of aliphatic hydroxyl groups is 1. The predicted octanol–water partition coefficient (Wildman–Crippen LogP) is 3.09. The fourth-order valence-corrected chi connectivity index (χ4v) is 4.19. The molecule has 0 aliphatic carbocycles. The van der Waals surface area contributed by atoms with Crippen molar-refractivity contribution in [3.05, 3.63) is 57.3 Å². The van der Waals surface area contributed by atoms with Crippen molar-refractivity contribution in [2.24, 2.45) is 5.92 Å². The number of carbonyl (C=O) groups excluding carboxylic acids is 1. The lowest BCUT2D eigenvalue weighted by Gasteiger charge is -2.16. The summed E-state index contributed by atoms with van der Waals surface area (Å²) in [4.78, 5) is 16.5. The Balaban J connectivity index is 1.58. The fraction of sp³-hybridized carbons (Fsp3) is 0.421.